The maximum absolute atomic E-state index is 14.2. The molecule has 0 saturated heterocycles. The minimum Gasteiger partial charge on any atom is -0.862 e. The van der Waals surface area contributed by atoms with Crippen molar-refractivity contribution in [3.05, 3.63) is 36.4 Å². The first-order valence-corrected chi connectivity index (χ1v) is 53.9. The van der Waals surface area contributed by atoms with Gasteiger partial charge in [-0.1, -0.05) is 59.7 Å². The number of ether oxygens (including phenoxy) is 1. The topological polar surface area (TPSA) is 697 Å². The van der Waals surface area contributed by atoms with Crippen molar-refractivity contribution in [2.45, 2.75) is 234 Å². The predicted octanol–water partition coefficient (Wildman–Crippen LogP) is -22.9. The molecule has 136 heavy (non-hydrogen) atoms. The summed E-state index contributed by atoms with van der Waals surface area (Å²) in [6.07, 6.45) is -4.54. The van der Waals surface area contributed by atoms with Crippen LogP contribution in [0, 0.1) is 92.7 Å². The van der Waals surface area contributed by atoms with E-state index in [2.05, 4.69) is 15.0 Å². The average Bonchev–Trinajstić information content (AvgIpc) is 1.64. The van der Waals surface area contributed by atoms with Crippen LogP contribution < -0.4 is 286 Å². The summed E-state index contributed by atoms with van der Waals surface area (Å²) in [4.78, 5) is 24.9. The van der Waals surface area contributed by atoms with Crippen LogP contribution in [0.1, 0.15) is 183 Å². The fraction of sp³-hybridized carbons (Fsp3) is 0.737. The van der Waals surface area contributed by atoms with Gasteiger partial charge in [-0.15, -0.1) is 0 Å². The van der Waals surface area contributed by atoms with Crippen LogP contribution in [0.25, 0.3) is 32.3 Å². The number of amides is 1. The second-order valence-electron chi connectivity index (χ2n) is 36.5. The van der Waals surface area contributed by atoms with Crippen LogP contribution in [0.15, 0.2) is 66.1 Å². The van der Waals surface area contributed by atoms with Gasteiger partial charge in [0.1, 0.15) is 49.3 Å². The number of benzene rings is 4. The van der Waals surface area contributed by atoms with Gasteiger partial charge in [0.15, 0.2) is 0 Å². The summed E-state index contributed by atoms with van der Waals surface area (Å²) < 4.78 is 366. The Kier molecular flexibility index (Phi) is 51.1. The largest absolute Gasteiger partial charge is 1.00 e. The third-order valence-corrected chi connectivity index (χ3v) is 35.5. The van der Waals surface area contributed by atoms with Crippen LogP contribution in [0.5, 0.6) is 5.75 Å². The van der Waals surface area contributed by atoms with Gasteiger partial charge in [-0.25, -0.2) is 63.1 Å². The van der Waals surface area contributed by atoms with Crippen molar-refractivity contribution in [3.8, 4) is 5.75 Å². The maximum Gasteiger partial charge on any atom is 1.00 e. The van der Waals surface area contributed by atoms with Gasteiger partial charge in [-0.2, -0.15) is 25.3 Å². The SMILES string of the molecule is C[C@H](CCC([O-])=NCCCCN(CCCCN=C([O-])CC[C@@H](C)[C@H]1CC[C@H]2[C@@H]3[C@H](OS(=O)(=O)O)C[C@@H]4C[C@H](OS(=O)(=O)[O-])CC[C@]4(C)[C@H]3C[C@H](OS(=O)(=O)O)[C@]12C)C(=O)CN=C([O-])COc1cc(S(=O)(=O)[O-])c2ccc3c(S(=O)(=O)[O-])ccc4c(S(=O)(=O)[O-])cc1c2c34)[C@H]1CC[C@H]2[C@@H]3[C@H](OS(=O)(=O)[O-])C[C@@H]4C[C@H](OS(=O)(=O)[O-])CC[C@]4(C)[C@H]3C[C@H](OS(=O)(=O)O)[C@]12C.[Na+].[Na+].[Na+].[Na+].[Na+].[Na+].[Na+].[Na+].[Na+]. The van der Waals surface area contributed by atoms with Crippen LogP contribution in [0.3, 0.4) is 0 Å². The molecular weight excluding hydrogens is 2070 g/mol. The van der Waals surface area contributed by atoms with Crippen molar-refractivity contribution in [1.29, 1.82) is 0 Å². The Morgan fingerprint density at radius 2 is 0.801 bits per heavy atom. The molecule has 0 heterocycles. The second-order valence-corrected chi connectivity index (χ2v) is 46.7. The molecule has 8 aliphatic rings. The number of carbonyl (C=O) groups excluding carboxylic acids is 1. The first-order chi connectivity index (χ1) is 58.5. The normalized spacial score (nSPS) is 30.4. The third-order valence-electron chi connectivity index (χ3n) is 29.9. The Labute approximate surface area is 994 Å². The van der Waals surface area contributed by atoms with Crippen molar-refractivity contribution < 1.29 is 433 Å². The van der Waals surface area contributed by atoms with E-state index in [1.807, 2.05) is 27.7 Å². The summed E-state index contributed by atoms with van der Waals surface area (Å²) in [6, 6.07) is 4.83. The maximum atomic E-state index is 14.2. The summed E-state index contributed by atoms with van der Waals surface area (Å²) in [7, 11) is -47.5. The van der Waals surface area contributed by atoms with Gasteiger partial charge >= 0.3 is 297 Å². The van der Waals surface area contributed by atoms with Crippen molar-refractivity contribution >= 4 is 149 Å². The van der Waals surface area contributed by atoms with E-state index in [4.69, 9.17) is 29.8 Å². The van der Waals surface area contributed by atoms with E-state index < -0.39 is 300 Å². The van der Waals surface area contributed by atoms with E-state index >= 15 is 0 Å². The van der Waals surface area contributed by atoms with Crippen molar-refractivity contribution in [3.63, 3.8) is 0 Å². The van der Waals surface area contributed by atoms with E-state index in [-0.39, 0.29) is 419 Å². The summed E-state index contributed by atoms with van der Waals surface area (Å²) in [5.74, 6) is -10.4. The molecule has 4 aromatic rings. The molecule has 1 amide bonds. The molecule has 0 bridgehead atoms. The fourth-order valence-electron chi connectivity index (χ4n) is 24.6. The van der Waals surface area contributed by atoms with E-state index in [9.17, 15) is 137 Å². The molecule has 8 fully saturated rings. The third kappa shape index (κ3) is 31.9. The molecule has 0 spiro atoms. The van der Waals surface area contributed by atoms with Crippen molar-refractivity contribution in [2.24, 2.45) is 108 Å². The standard InChI is InChI=1S/C76H110N4O38S9.9Na/c1-41(51-16-18-53-71-55(36-63(75(51,53)5)117-126(106,107)108)73(3)25-23-45(113-122(94,95)96)31-43(73)33-58(71)115-124(100,101)102)11-21-65(81)77-27-7-9-29-80(68(84)39-79-67(83)40-112-57-38-62(121(91,92)93)48-14-13-47-60(119(85,86)87)20-15-49-61(120(88,89)90)35-50(57)70(48)69(47)49)30-10-8-28-78-66(82)22-12-42(2)52-17-19-54-72-56(37-64(76(52,54)6)118-127(109,110)111)74(4)26-24-46(114-123(97,98)99)32-44(74)34-59(72)116-125(103,104)105;;;;;;;;;/h13-15,20,35,38,41-46,51-56,58-59,63-64,71-72H,7-12,16-19,21-34,36-37,39-40H2,1-6H3,(H,77,81)(H,78,82)(H,79,83)(H,85,86,87)(H,88,89,90)(H,91,92,93)(H,94,95,96)(H,97,98,99)(H,100,101,102)(H,103,104,105)(H,106,107,108)(H,109,110,111);;;;;;;;;/q;9*+1/p-9/t41-,42-,43+,44+,45-,46-,51-,52-,53+,54+,55+,56+,58-,59-,63+,64+,71+,72+,73+,74+,75-,76-;;;;;;;;;/m1........./s1. The zero-order valence-electron chi connectivity index (χ0n) is 78.7. The van der Waals surface area contributed by atoms with Gasteiger partial charge in [0.05, 0.1) is 51.3 Å². The summed E-state index contributed by atoms with van der Waals surface area (Å²) in [5, 5.41) is 38.4. The number of fused-ring (bicyclic) bond motifs is 10. The zero-order valence-corrected chi connectivity index (χ0v) is 104. The molecule has 0 radical (unpaired) electrons. The van der Waals surface area contributed by atoms with Crippen LogP contribution in [-0.4, -0.2) is 221 Å². The first-order valence-electron chi connectivity index (χ1n) is 41.6. The smallest absolute Gasteiger partial charge is 0.862 e. The van der Waals surface area contributed by atoms with Crippen LogP contribution in [-0.2, 0) is 123 Å². The Morgan fingerprint density at radius 1 is 0.434 bits per heavy atom. The Bertz CT molecular complexity index is 5850. The van der Waals surface area contributed by atoms with Crippen LogP contribution in [0.4, 0.5) is 0 Å². The molecule has 0 unspecified atom stereocenters. The van der Waals surface area contributed by atoms with Gasteiger partial charge < -0.3 is 62.3 Å². The molecule has 8 aliphatic carbocycles. The number of hydrogen-bond acceptors (Lipinski definition) is 38. The Balaban J connectivity index is 0.00000529. The quantitative estimate of drug-likeness (QED) is 0.00713. The molecule has 0 aromatic heterocycles. The number of aliphatic imine (C=N–C) groups is 3. The fourth-order valence-corrected chi connectivity index (χ4v) is 29.9. The van der Waals surface area contributed by atoms with Crippen LogP contribution >= 0.6 is 0 Å². The molecule has 60 heteroatoms. The number of unbranched alkanes of at least 4 members (excludes halogenated alkanes) is 2. The number of rotatable bonds is 38. The number of carbonyl (C=O) groups is 1. The zero-order chi connectivity index (χ0) is 93.7. The van der Waals surface area contributed by atoms with Crippen LogP contribution in [0.2, 0.25) is 0 Å². The van der Waals surface area contributed by atoms with Gasteiger partial charge in [-0.3, -0.25) is 36.0 Å². The van der Waals surface area contributed by atoms with Gasteiger partial charge in [0.25, 0.3) is 0 Å². The molecular formula is C76H101N4Na9O38S9. The predicted molar refractivity (Wildman–Crippen MR) is 433 cm³/mol. The molecule has 4 aromatic carbocycles. The summed E-state index contributed by atoms with van der Waals surface area (Å²) in [6.45, 7) is 8.61. The van der Waals surface area contributed by atoms with Crippen molar-refractivity contribution in [1.82, 2.24) is 4.90 Å². The van der Waals surface area contributed by atoms with E-state index in [1.54, 1.807) is 13.8 Å². The molecule has 3 N–H and O–H groups in total. The minimum absolute atomic E-state index is 0. The summed E-state index contributed by atoms with van der Waals surface area (Å²) >= 11 is 0. The number of nitrogens with zero attached hydrogens (tertiary/aromatic N) is 4. The van der Waals surface area contributed by atoms with Gasteiger partial charge in [0.2, 0.25) is 37.1 Å². The van der Waals surface area contributed by atoms with Crippen molar-refractivity contribution in [2.75, 3.05) is 39.3 Å². The minimum atomic E-state index is -5.52. The molecule has 716 valence electrons. The molecule has 42 nitrogen and oxygen atoms in total. The van der Waals surface area contributed by atoms with E-state index in [0.717, 1.165) is 30.3 Å². The first kappa shape index (κ1) is 134. The Hall–Kier alpha value is 3.55. The van der Waals surface area contributed by atoms with E-state index in [1.165, 1.54) is 4.90 Å². The Morgan fingerprint density at radius 3 is 1.18 bits per heavy atom. The monoisotopic (exact) mass is 2170 g/mol. The molecule has 0 aliphatic heterocycles. The molecule has 12 rings (SSSR count). The number of hydrogen-bond donors (Lipinski definition) is 3. The van der Waals surface area contributed by atoms with Gasteiger partial charge in [0, 0.05) is 69.3 Å². The second kappa shape index (κ2) is 52.0. The van der Waals surface area contributed by atoms with Gasteiger partial charge in [-0.05, 0) is 259 Å². The van der Waals surface area contributed by atoms with E-state index in [0.29, 0.717) is 31.7 Å². The average molecular weight is 2170 g/mol. The summed E-state index contributed by atoms with van der Waals surface area (Å²) in [5.41, 5.74) is -3.89. The molecule has 22 atom stereocenters. The molecule has 8 saturated carbocycles.